The lowest BCUT2D eigenvalue weighted by Gasteiger charge is -2.26. The molecule has 1 atom stereocenters. The zero-order chi connectivity index (χ0) is 17.3. The maximum atomic E-state index is 13.5. The maximum absolute atomic E-state index is 13.5. The van der Waals surface area contributed by atoms with Crippen LogP contribution in [0.15, 0.2) is 30.3 Å². The van der Waals surface area contributed by atoms with E-state index in [1.807, 2.05) is 0 Å². The Hall–Kier alpha value is -2.77. The predicted molar refractivity (Wildman–Crippen MR) is 72.9 cm³/mol. The summed E-state index contributed by atoms with van der Waals surface area (Å²) in [6, 6.07) is 7.05. The van der Waals surface area contributed by atoms with Crippen LogP contribution in [-0.2, 0) is 4.74 Å². The number of fused-ring (bicyclic) bond motifs is 1. The molecule has 0 spiro atoms. The summed E-state index contributed by atoms with van der Waals surface area (Å²) >= 11 is 0. The van der Waals surface area contributed by atoms with Gasteiger partial charge in [-0.3, -0.25) is 0 Å². The molecule has 0 aliphatic carbocycles. The average molecular weight is 342 g/mol. The molecule has 126 valence electrons. The summed E-state index contributed by atoms with van der Waals surface area (Å²) < 4.78 is 68.3. The Kier molecular flexibility index (Phi) is 4.28. The Labute approximate surface area is 133 Å². The number of rotatable bonds is 3. The highest BCUT2D eigenvalue weighted by Crippen LogP contribution is 2.31. The van der Waals surface area contributed by atoms with Crippen LogP contribution in [0.3, 0.4) is 0 Å². The van der Waals surface area contributed by atoms with Gasteiger partial charge in [0.15, 0.2) is 40.9 Å². The number of halogens is 4. The molecule has 1 heterocycles. The lowest BCUT2D eigenvalue weighted by atomic mass is 10.2. The van der Waals surface area contributed by atoms with Gasteiger partial charge in [-0.15, -0.1) is 0 Å². The Morgan fingerprint density at radius 2 is 1.79 bits per heavy atom. The van der Waals surface area contributed by atoms with Gasteiger partial charge in [0.05, 0.1) is 0 Å². The van der Waals surface area contributed by atoms with Crippen molar-refractivity contribution < 1.29 is 36.6 Å². The Morgan fingerprint density at radius 1 is 1.08 bits per heavy atom. The van der Waals surface area contributed by atoms with Gasteiger partial charge < -0.3 is 14.2 Å². The van der Waals surface area contributed by atoms with Crippen LogP contribution in [0.4, 0.5) is 17.6 Å². The lowest BCUT2D eigenvalue weighted by Crippen LogP contribution is -2.34. The predicted octanol–water partition coefficient (Wildman–Crippen LogP) is 3.24. The van der Waals surface area contributed by atoms with Crippen molar-refractivity contribution in [1.82, 2.24) is 0 Å². The van der Waals surface area contributed by atoms with Crippen molar-refractivity contribution in [1.29, 1.82) is 0 Å². The van der Waals surface area contributed by atoms with Crippen LogP contribution in [-0.4, -0.2) is 25.3 Å². The first-order chi connectivity index (χ1) is 11.5. The third-order valence-electron chi connectivity index (χ3n) is 3.29. The van der Waals surface area contributed by atoms with Crippen LogP contribution in [0.5, 0.6) is 11.5 Å². The molecule has 2 aromatic carbocycles. The average Bonchev–Trinajstić information content (AvgIpc) is 2.60. The molecule has 0 amide bonds. The van der Waals surface area contributed by atoms with Gasteiger partial charge >= 0.3 is 5.97 Å². The zero-order valence-corrected chi connectivity index (χ0v) is 12.0. The monoisotopic (exact) mass is 342 g/mol. The van der Waals surface area contributed by atoms with E-state index in [2.05, 4.69) is 0 Å². The standard InChI is InChI=1S/C16H10F4O4/c17-10-5-9(13(18)15(20)14(10)19)16(21)23-7-8-6-22-11-3-1-2-4-12(11)24-8/h1-5,8H,6-7H2/t8-/m1/s1. The second-order valence-corrected chi connectivity index (χ2v) is 4.94. The smallest absolute Gasteiger partial charge is 0.341 e. The van der Waals surface area contributed by atoms with E-state index in [0.29, 0.717) is 11.5 Å². The van der Waals surface area contributed by atoms with Crippen molar-refractivity contribution in [2.75, 3.05) is 13.2 Å². The number of hydrogen-bond acceptors (Lipinski definition) is 4. The number of carbonyl (C=O) groups is 1. The summed E-state index contributed by atoms with van der Waals surface area (Å²) in [6.45, 7) is -0.272. The molecule has 4 nitrogen and oxygen atoms in total. The third kappa shape index (κ3) is 2.99. The van der Waals surface area contributed by atoms with Gasteiger partial charge in [0.2, 0.25) is 0 Å². The molecule has 1 aliphatic heterocycles. The number of para-hydroxylation sites is 2. The van der Waals surface area contributed by atoms with Crippen molar-refractivity contribution in [2.24, 2.45) is 0 Å². The molecule has 0 bridgehead atoms. The molecule has 0 saturated heterocycles. The molecule has 0 unspecified atom stereocenters. The number of ether oxygens (including phenoxy) is 3. The van der Waals surface area contributed by atoms with E-state index >= 15 is 0 Å². The number of hydrogen-bond donors (Lipinski definition) is 0. The molecule has 1 aliphatic rings. The largest absolute Gasteiger partial charge is 0.486 e. The first kappa shape index (κ1) is 16.1. The van der Waals surface area contributed by atoms with Crippen LogP contribution >= 0.6 is 0 Å². The molecular formula is C16H10F4O4. The van der Waals surface area contributed by atoms with Crippen LogP contribution in [0.25, 0.3) is 0 Å². The highest BCUT2D eigenvalue weighted by atomic mass is 19.2. The van der Waals surface area contributed by atoms with Crippen molar-refractivity contribution in [3.63, 3.8) is 0 Å². The van der Waals surface area contributed by atoms with Gasteiger partial charge in [-0.1, -0.05) is 12.1 Å². The van der Waals surface area contributed by atoms with Gasteiger partial charge in [-0.25, -0.2) is 22.4 Å². The van der Waals surface area contributed by atoms with Crippen LogP contribution < -0.4 is 9.47 Å². The molecular weight excluding hydrogens is 332 g/mol. The second-order valence-electron chi connectivity index (χ2n) is 4.94. The van der Waals surface area contributed by atoms with Gasteiger partial charge in [-0.05, 0) is 18.2 Å². The number of carbonyl (C=O) groups excluding carboxylic acids is 1. The van der Waals surface area contributed by atoms with E-state index in [1.54, 1.807) is 24.3 Å². The highest BCUT2D eigenvalue weighted by molar-refractivity contribution is 5.89. The van der Waals surface area contributed by atoms with Crippen molar-refractivity contribution >= 4 is 5.97 Å². The molecule has 0 radical (unpaired) electrons. The molecule has 2 aromatic rings. The second kappa shape index (κ2) is 6.38. The van der Waals surface area contributed by atoms with E-state index in [-0.39, 0.29) is 19.3 Å². The summed E-state index contributed by atoms with van der Waals surface area (Å²) in [5.74, 6) is -7.95. The fourth-order valence-electron chi connectivity index (χ4n) is 2.11. The molecule has 0 aromatic heterocycles. The van der Waals surface area contributed by atoms with Crippen molar-refractivity contribution in [2.45, 2.75) is 6.10 Å². The minimum atomic E-state index is -2.08. The van der Waals surface area contributed by atoms with Crippen LogP contribution in [0, 0.1) is 23.3 Å². The van der Waals surface area contributed by atoms with Crippen molar-refractivity contribution in [3.8, 4) is 11.5 Å². The third-order valence-corrected chi connectivity index (χ3v) is 3.29. The summed E-state index contributed by atoms with van der Waals surface area (Å²) in [4.78, 5) is 11.8. The zero-order valence-electron chi connectivity index (χ0n) is 12.0. The first-order valence-corrected chi connectivity index (χ1v) is 6.86. The Bertz CT molecular complexity index is 794. The quantitative estimate of drug-likeness (QED) is 0.372. The highest BCUT2D eigenvalue weighted by Gasteiger charge is 2.26. The van der Waals surface area contributed by atoms with Crippen LogP contribution in [0.1, 0.15) is 10.4 Å². The fourth-order valence-corrected chi connectivity index (χ4v) is 2.11. The van der Waals surface area contributed by atoms with E-state index in [4.69, 9.17) is 14.2 Å². The van der Waals surface area contributed by atoms with Gasteiger partial charge in [0.25, 0.3) is 0 Å². The van der Waals surface area contributed by atoms with Crippen molar-refractivity contribution in [3.05, 3.63) is 59.2 Å². The van der Waals surface area contributed by atoms with E-state index in [9.17, 15) is 22.4 Å². The SMILES string of the molecule is O=C(OC[C@H]1COc2ccccc2O1)c1cc(F)c(F)c(F)c1F. The molecule has 0 fully saturated rings. The molecule has 0 N–H and O–H groups in total. The van der Waals surface area contributed by atoms with E-state index in [1.165, 1.54) is 0 Å². The molecule has 3 rings (SSSR count). The van der Waals surface area contributed by atoms with Crippen LogP contribution in [0.2, 0.25) is 0 Å². The summed E-state index contributed by atoms with van der Waals surface area (Å²) in [6.07, 6.45) is -0.679. The lowest BCUT2D eigenvalue weighted by molar-refractivity contribution is 0.0105. The number of benzene rings is 2. The maximum Gasteiger partial charge on any atom is 0.341 e. The summed E-state index contributed by atoms with van der Waals surface area (Å²) in [5.41, 5.74) is -1.04. The summed E-state index contributed by atoms with van der Waals surface area (Å²) in [7, 11) is 0. The van der Waals surface area contributed by atoms with Gasteiger partial charge in [0.1, 0.15) is 18.8 Å². The topological polar surface area (TPSA) is 44.8 Å². The minimum absolute atomic E-state index is 0.0684. The molecule has 8 heteroatoms. The molecule has 0 saturated carbocycles. The van der Waals surface area contributed by atoms with Gasteiger partial charge in [-0.2, -0.15) is 0 Å². The van der Waals surface area contributed by atoms with E-state index < -0.39 is 40.9 Å². The van der Waals surface area contributed by atoms with E-state index in [0.717, 1.165) is 0 Å². The number of esters is 1. The Balaban J connectivity index is 1.67. The normalized spacial score (nSPS) is 15.9. The first-order valence-electron chi connectivity index (χ1n) is 6.86. The minimum Gasteiger partial charge on any atom is -0.486 e. The summed E-state index contributed by atoms with van der Waals surface area (Å²) in [5, 5.41) is 0. The fraction of sp³-hybridized carbons (Fsp3) is 0.188. The molecule has 24 heavy (non-hydrogen) atoms. The van der Waals surface area contributed by atoms with Gasteiger partial charge in [0, 0.05) is 0 Å². The Morgan fingerprint density at radius 3 is 2.54 bits per heavy atom.